The molecular weight excluding hydrogens is 354 g/mol. The van der Waals surface area contributed by atoms with Gasteiger partial charge in [-0.25, -0.2) is 10.4 Å². The topological polar surface area (TPSA) is 80.6 Å². The van der Waals surface area contributed by atoms with Crippen molar-refractivity contribution in [3.05, 3.63) is 0 Å². The first kappa shape index (κ1) is 21.5. The van der Waals surface area contributed by atoms with E-state index < -0.39 is 5.54 Å². The molecule has 3 heterocycles. The highest BCUT2D eigenvalue weighted by molar-refractivity contribution is 5.83. The predicted molar refractivity (Wildman–Crippen MR) is 108 cm³/mol. The second kappa shape index (κ2) is 9.08. The minimum Gasteiger partial charge on any atom is -0.379 e. The van der Waals surface area contributed by atoms with Crippen molar-refractivity contribution in [2.45, 2.75) is 76.9 Å². The van der Waals surface area contributed by atoms with Crippen LogP contribution in [-0.4, -0.2) is 72.8 Å². The molecule has 1 amide bonds. The molecule has 3 unspecified atom stereocenters. The summed E-state index contributed by atoms with van der Waals surface area (Å²) >= 11 is 0. The van der Waals surface area contributed by atoms with Crippen LogP contribution in [0.5, 0.6) is 0 Å². The van der Waals surface area contributed by atoms with E-state index in [-0.39, 0.29) is 17.4 Å². The summed E-state index contributed by atoms with van der Waals surface area (Å²) in [5.41, 5.74) is 2.69. The van der Waals surface area contributed by atoms with E-state index >= 15 is 0 Å². The summed E-state index contributed by atoms with van der Waals surface area (Å²) < 4.78 is 5.42. The Kier molecular flexibility index (Phi) is 6.98. The molecule has 0 aromatic carbocycles. The van der Waals surface area contributed by atoms with Gasteiger partial charge in [0, 0.05) is 25.7 Å². The number of nitrogens with one attached hydrogen (secondary N) is 2. The number of nitrogens with zero attached hydrogens (tertiary/aromatic N) is 3. The summed E-state index contributed by atoms with van der Waals surface area (Å²) in [6.45, 7) is 11.4. The van der Waals surface area contributed by atoms with Crippen LogP contribution < -0.4 is 10.7 Å². The number of hydrazine groups is 1. The Hall–Kier alpha value is -1.20. The van der Waals surface area contributed by atoms with Crippen molar-refractivity contribution >= 4 is 5.91 Å². The monoisotopic (exact) mass is 391 g/mol. The number of ether oxygens (including phenoxy) is 1. The second-order valence-corrected chi connectivity index (χ2v) is 9.87. The van der Waals surface area contributed by atoms with E-state index in [0.717, 1.165) is 39.0 Å². The number of carbonyl (C=O) groups excluding carboxylic acids is 1. The van der Waals surface area contributed by atoms with Gasteiger partial charge in [0.05, 0.1) is 19.3 Å². The average Bonchev–Trinajstić information content (AvgIpc) is 2.67. The quantitative estimate of drug-likeness (QED) is 0.742. The largest absolute Gasteiger partial charge is 0.379 e. The summed E-state index contributed by atoms with van der Waals surface area (Å²) in [7, 11) is 0. The van der Waals surface area contributed by atoms with Crippen LogP contribution in [0.4, 0.5) is 0 Å². The molecule has 0 aromatic rings. The fourth-order valence-corrected chi connectivity index (χ4v) is 4.71. The van der Waals surface area contributed by atoms with Gasteiger partial charge >= 0.3 is 0 Å². The number of fused-ring (bicyclic) bond motifs is 1. The van der Waals surface area contributed by atoms with Gasteiger partial charge in [-0.15, -0.1) is 0 Å². The van der Waals surface area contributed by atoms with Crippen molar-refractivity contribution in [3.8, 4) is 6.07 Å². The first-order valence-electron chi connectivity index (χ1n) is 10.9. The minimum atomic E-state index is -0.738. The van der Waals surface area contributed by atoms with Crippen molar-refractivity contribution < 1.29 is 9.53 Å². The zero-order valence-corrected chi connectivity index (χ0v) is 17.8. The molecule has 0 aromatic heterocycles. The lowest BCUT2D eigenvalue weighted by Crippen LogP contribution is -2.63. The predicted octanol–water partition coefficient (Wildman–Crippen LogP) is 1.65. The molecule has 7 heteroatoms. The van der Waals surface area contributed by atoms with Crippen molar-refractivity contribution in [1.29, 1.82) is 5.26 Å². The zero-order chi connectivity index (χ0) is 20.2. The molecule has 3 rings (SSSR count). The molecular formula is C21H37N5O2. The molecule has 3 fully saturated rings. The molecule has 3 atom stereocenters. The van der Waals surface area contributed by atoms with E-state index in [1.807, 2.05) is 0 Å². The Morgan fingerprint density at radius 2 is 2.00 bits per heavy atom. The summed E-state index contributed by atoms with van der Waals surface area (Å²) in [4.78, 5) is 15.8. The van der Waals surface area contributed by atoms with Crippen molar-refractivity contribution in [1.82, 2.24) is 20.7 Å². The third kappa shape index (κ3) is 5.66. The van der Waals surface area contributed by atoms with Gasteiger partial charge in [-0.1, -0.05) is 27.2 Å². The molecule has 3 saturated heterocycles. The van der Waals surface area contributed by atoms with E-state index in [0.29, 0.717) is 32.1 Å². The highest BCUT2D eigenvalue weighted by atomic mass is 16.5. The van der Waals surface area contributed by atoms with Crippen LogP contribution in [0.1, 0.15) is 59.3 Å². The highest BCUT2D eigenvalue weighted by Gasteiger charge is 2.43. The molecule has 0 saturated carbocycles. The Labute approximate surface area is 169 Å². The molecule has 7 nitrogen and oxygen atoms in total. The third-order valence-corrected chi connectivity index (χ3v) is 6.22. The maximum absolute atomic E-state index is 13.3. The first-order valence-corrected chi connectivity index (χ1v) is 10.9. The SMILES string of the molecule is CC(C)(C)CC(NN1CCOCC1)C(=O)NC1(C#N)CCN2CCCCC2C1. The van der Waals surface area contributed by atoms with E-state index in [2.05, 4.69) is 47.5 Å². The average molecular weight is 392 g/mol. The van der Waals surface area contributed by atoms with Crippen LogP contribution in [-0.2, 0) is 9.53 Å². The molecule has 28 heavy (non-hydrogen) atoms. The van der Waals surface area contributed by atoms with Crippen molar-refractivity contribution in [2.24, 2.45) is 5.41 Å². The van der Waals surface area contributed by atoms with Crippen LogP contribution in [0.25, 0.3) is 0 Å². The summed E-state index contributed by atoms with van der Waals surface area (Å²) in [6.07, 6.45) is 5.78. The molecule has 3 aliphatic rings. The van der Waals surface area contributed by atoms with E-state index in [1.54, 1.807) is 0 Å². The lowest BCUT2D eigenvalue weighted by molar-refractivity contribution is -0.128. The van der Waals surface area contributed by atoms with Crippen LogP contribution in [0, 0.1) is 16.7 Å². The van der Waals surface area contributed by atoms with Crippen LogP contribution in [0.15, 0.2) is 0 Å². The molecule has 0 radical (unpaired) electrons. The molecule has 158 valence electrons. The van der Waals surface area contributed by atoms with Gasteiger partial charge in [-0.05, 0) is 44.1 Å². The van der Waals surface area contributed by atoms with E-state index in [9.17, 15) is 10.1 Å². The number of piperidine rings is 2. The molecule has 2 N–H and O–H groups in total. The Bertz CT molecular complexity index is 578. The lowest BCUT2D eigenvalue weighted by atomic mass is 9.80. The first-order chi connectivity index (χ1) is 13.3. The maximum atomic E-state index is 13.3. The summed E-state index contributed by atoms with van der Waals surface area (Å²) in [5, 5.41) is 15.3. The van der Waals surface area contributed by atoms with Crippen LogP contribution in [0.3, 0.4) is 0 Å². The fourth-order valence-electron chi connectivity index (χ4n) is 4.71. The number of amides is 1. The van der Waals surface area contributed by atoms with Gasteiger partial charge in [0.25, 0.3) is 0 Å². The fraction of sp³-hybridized carbons (Fsp3) is 0.905. The van der Waals surface area contributed by atoms with Crippen molar-refractivity contribution in [3.63, 3.8) is 0 Å². The number of rotatable bonds is 5. The Morgan fingerprint density at radius 1 is 1.25 bits per heavy atom. The smallest absolute Gasteiger partial charge is 0.239 e. The molecule has 0 aliphatic carbocycles. The maximum Gasteiger partial charge on any atom is 0.239 e. The number of hydrogen-bond donors (Lipinski definition) is 2. The standard InChI is InChI=1S/C21H37N5O2/c1-20(2,3)15-18(24-26-10-12-28-13-11-26)19(27)23-21(16-22)7-9-25-8-5-4-6-17(25)14-21/h17-18,24H,4-15H2,1-3H3,(H,23,27). The zero-order valence-electron chi connectivity index (χ0n) is 17.8. The number of carbonyl (C=O) groups is 1. The molecule has 3 aliphatic heterocycles. The second-order valence-electron chi connectivity index (χ2n) is 9.87. The van der Waals surface area contributed by atoms with Gasteiger partial charge in [0.2, 0.25) is 5.91 Å². The van der Waals surface area contributed by atoms with E-state index in [1.165, 1.54) is 12.8 Å². The number of hydrogen-bond acceptors (Lipinski definition) is 6. The number of nitriles is 1. The molecule has 0 spiro atoms. The van der Waals surface area contributed by atoms with Crippen LogP contribution >= 0.6 is 0 Å². The van der Waals surface area contributed by atoms with E-state index in [4.69, 9.17) is 4.74 Å². The van der Waals surface area contributed by atoms with Gasteiger partial charge < -0.3 is 15.0 Å². The van der Waals surface area contributed by atoms with Gasteiger partial charge in [-0.2, -0.15) is 5.26 Å². The highest BCUT2D eigenvalue weighted by Crippen LogP contribution is 2.32. The normalized spacial score (nSPS) is 30.9. The third-order valence-electron chi connectivity index (χ3n) is 6.22. The Morgan fingerprint density at radius 3 is 2.68 bits per heavy atom. The molecule has 0 bridgehead atoms. The summed E-state index contributed by atoms with van der Waals surface area (Å²) in [6, 6.07) is 2.57. The Balaban J connectivity index is 1.67. The number of morpholine rings is 1. The van der Waals surface area contributed by atoms with Gasteiger partial charge in [0.15, 0.2) is 0 Å². The van der Waals surface area contributed by atoms with Gasteiger partial charge in [-0.3, -0.25) is 4.79 Å². The summed E-state index contributed by atoms with van der Waals surface area (Å²) in [5.74, 6) is -0.0489. The lowest BCUT2D eigenvalue weighted by Gasteiger charge is -2.46. The van der Waals surface area contributed by atoms with Crippen LogP contribution in [0.2, 0.25) is 0 Å². The van der Waals surface area contributed by atoms with Gasteiger partial charge in [0.1, 0.15) is 11.6 Å². The van der Waals surface area contributed by atoms with Crippen molar-refractivity contribution in [2.75, 3.05) is 39.4 Å². The minimum absolute atomic E-state index is 0.00777.